The van der Waals surface area contributed by atoms with Gasteiger partial charge in [-0.15, -0.1) is 0 Å². The summed E-state index contributed by atoms with van der Waals surface area (Å²) in [5, 5.41) is 14.9. The first kappa shape index (κ1) is 16.3. The van der Waals surface area contributed by atoms with Crippen LogP contribution in [0.15, 0.2) is 46.9 Å². The summed E-state index contributed by atoms with van der Waals surface area (Å²) in [5.41, 5.74) is 1.08. The van der Waals surface area contributed by atoms with Gasteiger partial charge in [-0.2, -0.15) is 0 Å². The van der Waals surface area contributed by atoms with Gasteiger partial charge in [0, 0.05) is 34.3 Å². The van der Waals surface area contributed by atoms with E-state index in [-0.39, 0.29) is 11.7 Å². The van der Waals surface area contributed by atoms with E-state index >= 15 is 0 Å². The van der Waals surface area contributed by atoms with Crippen LogP contribution in [0, 0.1) is 10.1 Å². The van der Waals surface area contributed by atoms with E-state index in [9.17, 15) is 10.1 Å². The minimum absolute atomic E-state index is 0.0500. The fourth-order valence-electron chi connectivity index (χ4n) is 3.46. The third kappa shape index (κ3) is 2.65. The molecule has 0 radical (unpaired) electrons. The Bertz CT molecular complexity index is 889. The van der Waals surface area contributed by atoms with Gasteiger partial charge in [-0.1, -0.05) is 15.9 Å². The molecule has 6 nitrogen and oxygen atoms in total. The van der Waals surface area contributed by atoms with Crippen molar-refractivity contribution in [1.82, 2.24) is 5.32 Å². The topological polar surface area (TPSA) is 67.6 Å². The van der Waals surface area contributed by atoms with Gasteiger partial charge < -0.3 is 10.1 Å². The number of thiocarbonyl (C=S) groups is 1. The normalized spacial score (nSPS) is 24.2. The molecular formula is C17H14BrN3O3S. The van der Waals surface area contributed by atoms with Gasteiger partial charge >= 0.3 is 0 Å². The molecule has 8 heteroatoms. The first-order valence-electron chi connectivity index (χ1n) is 7.71. The number of nitro groups is 1. The van der Waals surface area contributed by atoms with E-state index in [1.165, 1.54) is 6.07 Å². The quantitative estimate of drug-likeness (QED) is 0.444. The maximum absolute atomic E-state index is 11.1. The molecule has 0 aliphatic carbocycles. The van der Waals surface area contributed by atoms with Gasteiger partial charge in [0.15, 0.2) is 10.8 Å². The molecule has 25 heavy (non-hydrogen) atoms. The van der Waals surface area contributed by atoms with Crippen molar-refractivity contribution in [1.29, 1.82) is 0 Å². The number of nitrogens with zero attached hydrogens (tertiary/aromatic N) is 2. The lowest BCUT2D eigenvalue weighted by atomic mass is 9.90. The Kier molecular flexibility index (Phi) is 3.69. The lowest BCUT2D eigenvalue weighted by molar-refractivity contribution is -0.385. The largest absolute Gasteiger partial charge is 0.467 e. The van der Waals surface area contributed by atoms with E-state index in [2.05, 4.69) is 21.2 Å². The molecule has 2 aliphatic rings. The zero-order valence-electron chi connectivity index (χ0n) is 13.2. The zero-order valence-corrected chi connectivity index (χ0v) is 15.6. The molecule has 1 N–H and O–H groups in total. The van der Waals surface area contributed by atoms with Crippen molar-refractivity contribution in [2.75, 3.05) is 4.90 Å². The molecule has 0 aromatic heterocycles. The van der Waals surface area contributed by atoms with Crippen molar-refractivity contribution >= 4 is 44.6 Å². The van der Waals surface area contributed by atoms with E-state index in [0.717, 1.165) is 15.7 Å². The molecule has 1 saturated heterocycles. The number of hydrogen-bond acceptors (Lipinski definition) is 4. The molecule has 0 spiro atoms. The summed E-state index contributed by atoms with van der Waals surface area (Å²) < 4.78 is 7.24. The summed E-state index contributed by atoms with van der Waals surface area (Å²) in [6.45, 7) is 1.99. The van der Waals surface area contributed by atoms with Crippen molar-refractivity contribution in [3.05, 3.63) is 62.6 Å². The van der Waals surface area contributed by atoms with Crippen molar-refractivity contribution in [3.63, 3.8) is 0 Å². The Morgan fingerprint density at radius 2 is 2.08 bits per heavy atom. The molecule has 2 heterocycles. The van der Waals surface area contributed by atoms with Crippen LogP contribution in [0.25, 0.3) is 0 Å². The molecule has 128 valence electrons. The molecule has 4 rings (SSSR count). The molecule has 2 aromatic rings. The summed E-state index contributed by atoms with van der Waals surface area (Å²) >= 11 is 9.01. The van der Waals surface area contributed by atoms with E-state index in [4.69, 9.17) is 17.0 Å². The highest BCUT2D eigenvalue weighted by molar-refractivity contribution is 9.10. The van der Waals surface area contributed by atoms with Gasteiger partial charge in [-0.25, -0.2) is 0 Å². The van der Waals surface area contributed by atoms with E-state index in [1.807, 2.05) is 36.1 Å². The van der Waals surface area contributed by atoms with Crippen LogP contribution in [-0.2, 0) is 0 Å². The Balaban J connectivity index is 1.77. The average Bonchev–Trinajstić information content (AvgIpc) is 2.55. The number of nitrogens with one attached hydrogen (secondary N) is 1. The van der Waals surface area contributed by atoms with Gasteiger partial charge in [0.1, 0.15) is 5.75 Å². The number of nitro benzene ring substituents is 1. The third-order valence-corrected chi connectivity index (χ3v) is 5.38. The predicted octanol–water partition coefficient (Wildman–Crippen LogP) is 4.29. The van der Waals surface area contributed by atoms with Crippen LogP contribution in [0.2, 0.25) is 0 Å². The minimum Gasteiger partial charge on any atom is -0.467 e. The van der Waals surface area contributed by atoms with E-state index < -0.39 is 10.6 Å². The number of hydrogen-bond donors (Lipinski definition) is 1. The second-order valence-electron chi connectivity index (χ2n) is 6.27. The van der Waals surface area contributed by atoms with Crippen LogP contribution in [0.4, 0.5) is 11.4 Å². The summed E-state index contributed by atoms with van der Waals surface area (Å²) in [6, 6.07) is 12.4. The number of rotatable bonds is 2. The van der Waals surface area contributed by atoms with Crippen LogP contribution in [-0.4, -0.2) is 15.8 Å². The number of benzene rings is 2. The van der Waals surface area contributed by atoms with Crippen molar-refractivity contribution in [2.24, 2.45) is 0 Å². The highest BCUT2D eigenvalue weighted by Gasteiger charge is 2.48. The first-order chi connectivity index (χ1) is 11.9. The van der Waals surface area contributed by atoms with Crippen LogP contribution in [0.5, 0.6) is 5.75 Å². The summed E-state index contributed by atoms with van der Waals surface area (Å²) in [7, 11) is 0. The van der Waals surface area contributed by atoms with Gasteiger partial charge in [-0.05, 0) is 49.5 Å². The van der Waals surface area contributed by atoms with Crippen LogP contribution < -0.4 is 15.0 Å². The summed E-state index contributed by atoms with van der Waals surface area (Å²) in [5.74, 6) is 0.640. The fourth-order valence-corrected chi connectivity index (χ4v) is 4.16. The molecule has 0 unspecified atom stereocenters. The maximum atomic E-state index is 11.1. The Morgan fingerprint density at radius 3 is 2.76 bits per heavy atom. The van der Waals surface area contributed by atoms with Crippen LogP contribution in [0.3, 0.4) is 0 Å². The number of halogens is 1. The van der Waals surface area contributed by atoms with Crippen molar-refractivity contribution in [2.45, 2.75) is 25.1 Å². The maximum Gasteiger partial charge on any atom is 0.270 e. The van der Waals surface area contributed by atoms with E-state index in [0.29, 0.717) is 17.3 Å². The first-order valence-corrected chi connectivity index (χ1v) is 8.91. The Morgan fingerprint density at radius 1 is 1.36 bits per heavy atom. The summed E-state index contributed by atoms with van der Waals surface area (Å²) in [6.07, 6.45) is 0.622. The lowest BCUT2D eigenvalue weighted by Gasteiger charge is -2.52. The number of ether oxygens (including phenoxy) is 1. The number of fused-ring (bicyclic) bond motifs is 4. The fraction of sp³-hybridized carbons (Fsp3) is 0.235. The van der Waals surface area contributed by atoms with Crippen molar-refractivity contribution < 1.29 is 9.66 Å². The molecule has 0 saturated carbocycles. The molecule has 2 bridgehead atoms. The Hall–Kier alpha value is -2.19. The van der Waals surface area contributed by atoms with Gasteiger partial charge in [-0.3, -0.25) is 15.0 Å². The number of anilines is 1. The van der Waals surface area contributed by atoms with Gasteiger partial charge in [0.2, 0.25) is 0 Å². The van der Waals surface area contributed by atoms with Gasteiger partial charge in [0.05, 0.1) is 11.0 Å². The standard InChI is InChI=1S/C17H14BrN3O3S/c1-17-9-14(13-8-12(21(22)23)6-7-15(13)24-17)19-16(25)20(17)11-4-2-10(18)3-5-11/h2-8,14H,9H2,1H3,(H,19,25)/t14-,17-/m1/s1. The van der Waals surface area contributed by atoms with Crippen molar-refractivity contribution in [3.8, 4) is 5.75 Å². The molecular weight excluding hydrogens is 406 g/mol. The highest BCUT2D eigenvalue weighted by Crippen LogP contribution is 2.46. The average molecular weight is 420 g/mol. The SMILES string of the molecule is C[C@@]12C[C@@H](NC(=S)N1c1ccc(Br)cc1)c1cc([N+](=O)[O-])ccc1O2. The molecule has 2 aliphatic heterocycles. The van der Waals surface area contributed by atoms with Crippen LogP contribution >= 0.6 is 28.1 Å². The Labute approximate surface area is 158 Å². The zero-order chi connectivity index (χ0) is 17.8. The molecule has 2 atom stereocenters. The lowest BCUT2D eigenvalue weighted by Crippen LogP contribution is -2.65. The number of non-ortho nitro benzene ring substituents is 1. The molecule has 2 aromatic carbocycles. The minimum atomic E-state index is -0.663. The monoisotopic (exact) mass is 419 g/mol. The van der Waals surface area contributed by atoms with E-state index in [1.54, 1.807) is 12.1 Å². The second-order valence-corrected chi connectivity index (χ2v) is 7.58. The molecule has 0 amide bonds. The molecule has 1 fully saturated rings. The third-order valence-electron chi connectivity index (χ3n) is 4.55. The van der Waals surface area contributed by atoms with Gasteiger partial charge in [0.25, 0.3) is 5.69 Å². The summed E-state index contributed by atoms with van der Waals surface area (Å²) in [4.78, 5) is 12.6. The van der Waals surface area contributed by atoms with Crippen LogP contribution in [0.1, 0.15) is 24.9 Å². The predicted molar refractivity (Wildman–Crippen MR) is 102 cm³/mol. The second kappa shape index (κ2) is 5.67. The smallest absolute Gasteiger partial charge is 0.270 e. The highest BCUT2D eigenvalue weighted by atomic mass is 79.9.